The molecule has 5 nitrogen and oxygen atoms in total. The summed E-state index contributed by atoms with van der Waals surface area (Å²) in [4.78, 5) is 0. The Morgan fingerprint density at radius 3 is 2.71 bits per heavy atom. The predicted molar refractivity (Wildman–Crippen MR) is 83.8 cm³/mol. The fraction of sp³-hybridized carbons (Fsp3) is 0.600. The van der Waals surface area contributed by atoms with E-state index in [1.165, 1.54) is 6.26 Å². The highest BCUT2D eigenvalue weighted by Crippen LogP contribution is 2.21. The smallest absolute Gasteiger partial charge is 0.211 e. The fourth-order valence-electron chi connectivity index (χ4n) is 2.80. The van der Waals surface area contributed by atoms with Crippen molar-refractivity contribution >= 4 is 10.0 Å². The number of ether oxygens (including phenoxy) is 1. The van der Waals surface area contributed by atoms with Gasteiger partial charge in [0, 0.05) is 31.2 Å². The first-order chi connectivity index (χ1) is 9.91. The zero-order chi connectivity index (χ0) is 15.5. The van der Waals surface area contributed by atoms with Crippen molar-refractivity contribution in [3.63, 3.8) is 0 Å². The van der Waals surface area contributed by atoms with Gasteiger partial charge in [-0.15, -0.1) is 0 Å². The van der Waals surface area contributed by atoms with Crippen LogP contribution in [-0.2, 0) is 16.6 Å². The highest BCUT2D eigenvalue weighted by atomic mass is 32.2. The van der Waals surface area contributed by atoms with Crippen molar-refractivity contribution in [2.45, 2.75) is 25.9 Å². The Bertz CT molecular complexity index is 574. The third kappa shape index (κ3) is 4.18. The Labute approximate surface area is 127 Å². The van der Waals surface area contributed by atoms with Crippen molar-refractivity contribution in [3.05, 3.63) is 29.8 Å². The van der Waals surface area contributed by atoms with Crippen LogP contribution in [0.2, 0.25) is 0 Å². The molecule has 0 aromatic heterocycles. The summed E-state index contributed by atoms with van der Waals surface area (Å²) in [5, 5.41) is 3.53. The van der Waals surface area contributed by atoms with Gasteiger partial charge >= 0.3 is 0 Å². The first kappa shape index (κ1) is 16.3. The zero-order valence-corrected chi connectivity index (χ0v) is 13.7. The Kier molecular flexibility index (Phi) is 5.24. The highest BCUT2D eigenvalue weighted by Gasteiger charge is 2.30. The molecule has 0 amide bonds. The second-order valence-electron chi connectivity index (χ2n) is 5.69. The molecule has 2 atom stereocenters. The Morgan fingerprint density at radius 1 is 1.38 bits per heavy atom. The molecule has 0 unspecified atom stereocenters. The topological polar surface area (TPSA) is 58.6 Å². The first-order valence-electron chi connectivity index (χ1n) is 7.22. The van der Waals surface area contributed by atoms with Crippen LogP contribution >= 0.6 is 0 Å². The second kappa shape index (κ2) is 6.77. The van der Waals surface area contributed by atoms with Crippen molar-refractivity contribution in [1.29, 1.82) is 0 Å². The number of nitrogens with one attached hydrogen (secondary N) is 1. The maximum absolute atomic E-state index is 11.6. The summed E-state index contributed by atoms with van der Waals surface area (Å²) in [6.07, 6.45) is 2.12. The van der Waals surface area contributed by atoms with Gasteiger partial charge in [0.1, 0.15) is 5.75 Å². The predicted octanol–water partition coefficient (Wildman–Crippen LogP) is 1.45. The minimum atomic E-state index is -3.07. The molecular formula is C15H24N2O3S. The minimum absolute atomic E-state index is 0.295. The molecule has 0 spiro atoms. The fourth-order valence-corrected chi connectivity index (χ4v) is 3.74. The molecule has 1 saturated heterocycles. The van der Waals surface area contributed by atoms with Crippen LogP contribution in [-0.4, -0.2) is 45.2 Å². The van der Waals surface area contributed by atoms with Crippen molar-refractivity contribution in [1.82, 2.24) is 9.62 Å². The molecule has 1 aliphatic rings. The summed E-state index contributed by atoms with van der Waals surface area (Å²) in [5.74, 6) is 1.18. The summed E-state index contributed by atoms with van der Waals surface area (Å²) in [5.41, 5.74) is 1.12. The average Bonchev–Trinajstić information content (AvgIpc) is 2.45. The number of benzene rings is 1. The van der Waals surface area contributed by atoms with E-state index in [-0.39, 0.29) is 0 Å². The molecule has 21 heavy (non-hydrogen) atoms. The molecular weight excluding hydrogens is 288 g/mol. The number of hydrogen-bond acceptors (Lipinski definition) is 4. The Balaban J connectivity index is 1.93. The van der Waals surface area contributed by atoms with Gasteiger partial charge in [0.25, 0.3) is 0 Å². The van der Waals surface area contributed by atoms with Gasteiger partial charge in [0.2, 0.25) is 10.0 Å². The summed E-state index contributed by atoms with van der Waals surface area (Å²) in [7, 11) is -1.40. The summed E-state index contributed by atoms with van der Waals surface area (Å²) in [6.45, 7) is 4.00. The van der Waals surface area contributed by atoms with Crippen LogP contribution in [0.25, 0.3) is 0 Å². The van der Waals surface area contributed by atoms with Gasteiger partial charge in [0.15, 0.2) is 0 Å². The van der Waals surface area contributed by atoms with E-state index in [1.807, 2.05) is 24.3 Å². The summed E-state index contributed by atoms with van der Waals surface area (Å²) >= 11 is 0. The van der Waals surface area contributed by atoms with Crippen LogP contribution in [0.3, 0.4) is 0 Å². The molecule has 1 aromatic carbocycles. The largest absolute Gasteiger partial charge is 0.496 e. The molecule has 1 N–H and O–H groups in total. The standard InChI is InChI=1S/C15H24N2O3S/c1-12-11-17(21(3,18)19)9-8-14(12)16-10-13-6-4-5-7-15(13)20-2/h4-7,12,14,16H,8-11H2,1-3H3/t12-,14-/m1/s1. The molecule has 0 bridgehead atoms. The SMILES string of the molecule is COc1ccccc1CN[C@@H]1CCN(S(C)(=O)=O)C[C@H]1C. The lowest BCUT2D eigenvalue weighted by atomic mass is 9.95. The molecule has 1 heterocycles. The Hall–Kier alpha value is -1.11. The number of methoxy groups -OCH3 is 1. The molecule has 0 aliphatic carbocycles. The number of hydrogen-bond donors (Lipinski definition) is 1. The quantitative estimate of drug-likeness (QED) is 0.894. The molecule has 1 aromatic rings. The lowest BCUT2D eigenvalue weighted by Crippen LogP contribution is -2.49. The third-order valence-electron chi connectivity index (χ3n) is 4.08. The van der Waals surface area contributed by atoms with Crippen molar-refractivity contribution in [2.24, 2.45) is 5.92 Å². The second-order valence-corrected chi connectivity index (χ2v) is 7.67. The van der Waals surface area contributed by atoms with Gasteiger partial charge in [-0.2, -0.15) is 0 Å². The molecule has 2 rings (SSSR count). The van der Waals surface area contributed by atoms with E-state index in [0.717, 1.165) is 24.3 Å². The van der Waals surface area contributed by atoms with Crippen molar-refractivity contribution in [3.8, 4) is 5.75 Å². The maximum atomic E-state index is 11.6. The van der Waals surface area contributed by atoms with Gasteiger partial charge in [-0.3, -0.25) is 0 Å². The number of rotatable bonds is 5. The maximum Gasteiger partial charge on any atom is 0.211 e. The molecule has 1 aliphatic heterocycles. The van der Waals surface area contributed by atoms with E-state index < -0.39 is 10.0 Å². The monoisotopic (exact) mass is 312 g/mol. The number of nitrogens with zero attached hydrogens (tertiary/aromatic N) is 1. The van der Waals surface area contributed by atoms with E-state index >= 15 is 0 Å². The van der Waals surface area contributed by atoms with E-state index in [9.17, 15) is 8.42 Å². The number of piperidine rings is 1. The van der Waals surface area contributed by atoms with Gasteiger partial charge in [-0.25, -0.2) is 12.7 Å². The van der Waals surface area contributed by atoms with Crippen LogP contribution in [0.1, 0.15) is 18.9 Å². The molecule has 0 saturated carbocycles. The van der Waals surface area contributed by atoms with Gasteiger partial charge < -0.3 is 10.1 Å². The van der Waals surface area contributed by atoms with Crippen LogP contribution in [0.15, 0.2) is 24.3 Å². The normalized spacial score (nSPS) is 24.0. The van der Waals surface area contributed by atoms with E-state index in [2.05, 4.69) is 12.2 Å². The lowest BCUT2D eigenvalue weighted by Gasteiger charge is -2.36. The van der Waals surface area contributed by atoms with Crippen LogP contribution < -0.4 is 10.1 Å². The first-order valence-corrected chi connectivity index (χ1v) is 9.07. The van der Waals surface area contributed by atoms with Crippen molar-refractivity contribution in [2.75, 3.05) is 26.5 Å². The van der Waals surface area contributed by atoms with E-state index in [4.69, 9.17) is 4.74 Å². The van der Waals surface area contributed by atoms with Crippen LogP contribution in [0, 0.1) is 5.92 Å². The number of sulfonamides is 1. The highest BCUT2D eigenvalue weighted by molar-refractivity contribution is 7.88. The van der Waals surface area contributed by atoms with E-state index in [0.29, 0.717) is 25.0 Å². The Morgan fingerprint density at radius 2 is 2.10 bits per heavy atom. The lowest BCUT2D eigenvalue weighted by molar-refractivity contribution is 0.219. The summed E-state index contributed by atoms with van der Waals surface area (Å²) in [6, 6.07) is 8.27. The molecule has 1 fully saturated rings. The average molecular weight is 312 g/mol. The van der Waals surface area contributed by atoms with E-state index in [1.54, 1.807) is 11.4 Å². The zero-order valence-electron chi connectivity index (χ0n) is 12.9. The van der Waals surface area contributed by atoms with Gasteiger partial charge in [-0.1, -0.05) is 25.1 Å². The molecule has 118 valence electrons. The minimum Gasteiger partial charge on any atom is -0.496 e. The molecule has 6 heteroatoms. The van der Waals surface area contributed by atoms with Crippen LogP contribution in [0.4, 0.5) is 0 Å². The summed E-state index contributed by atoms with van der Waals surface area (Å²) < 4.78 is 30.1. The molecule has 0 radical (unpaired) electrons. The number of para-hydroxylation sites is 1. The van der Waals surface area contributed by atoms with Gasteiger partial charge in [-0.05, 0) is 18.4 Å². The van der Waals surface area contributed by atoms with Crippen LogP contribution in [0.5, 0.6) is 5.75 Å². The third-order valence-corrected chi connectivity index (χ3v) is 5.35. The van der Waals surface area contributed by atoms with Crippen molar-refractivity contribution < 1.29 is 13.2 Å². The van der Waals surface area contributed by atoms with Gasteiger partial charge in [0.05, 0.1) is 13.4 Å².